The largest absolute Gasteiger partial charge is 0.493 e. The van der Waals surface area contributed by atoms with Gasteiger partial charge in [-0.15, -0.1) is 10.2 Å². The summed E-state index contributed by atoms with van der Waals surface area (Å²) < 4.78 is 10.9. The highest BCUT2D eigenvalue weighted by molar-refractivity contribution is 7.15. The van der Waals surface area contributed by atoms with Crippen molar-refractivity contribution in [3.63, 3.8) is 0 Å². The molecule has 0 saturated heterocycles. The molecule has 0 fully saturated rings. The van der Waals surface area contributed by atoms with Crippen molar-refractivity contribution in [2.75, 3.05) is 31.0 Å². The van der Waals surface area contributed by atoms with Gasteiger partial charge in [-0.3, -0.25) is 24.6 Å². The molecule has 10 nitrogen and oxygen atoms in total. The molecule has 1 aromatic heterocycles. The summed E-state index contributed by atoms with van der Waals surface area (Å²) in [5.74, 6) is -0.260. The normalized spacial score (nSPS) is 16.2. The van der Waals surface area contributed by atoms with Gasteiger partial charge in [0.15, 0.2) is 11.5 Å². The molecule has 0 aliphatic carbocycles. The van der Waals surface area contributed by atoms with Gasteiger partial charge in [-0.05, 0) is 18.2 Å². The van der Waals surface area contributed by atoms with Gasteiger partial charge in [-0.1, -0.05) is 43.4 Å². The number of hydrogen-bond donors (Lipinski definition) is 1. The molecule has 1 unspecified atom stereocenters. The van der Waals surface area contributed by atoms with Gasteiger partial charge in [-0.2, -0.15) is 0 Å². The van der Waals surface area contributed by atoms with Crippen LogP contribution in [-0.2, 0) is 4.79 Å². The molecule has 5 rings (SSSR count). The summed E-state index contributed by atoms with van der Waals surface area (Å²) in [6.07, 6.45) is -0.814. The van der Waals surface area contributed by atoms with E-state index in [1.54, 1.807) is 36.4 Å². The van der Waals surface area contributed by atoms with Crippen LogP contribution >= 0.6 is 11.3 Å². The van der Waals surface area contributed by atoms with Gasteiger partial charge >= 0.3 is 0 Å². The van der Waals surface area contributed by atoms with E-state index in [1.807, 2.05) is 13.8 Å². The highest BCUT2D eigenvalue weighted by Gasteiger charge is 2.50. The van der Waals surface area contributed by atoms with Gasteiger partial charge in [0.1, 0.15) is 17.7 Å². The second-order valence-corrected chi connectivity index (χ2v) is 9.42. The molecular weight excluding hydrogens is 470 g/mol. The summed E-state index contributed by atoms with van der Waals surface area (Å²) >= 11 is 1.29. The highest BCUT2D eigenvalue weighted by Crippen LogP contribution is 2.49. The number of nitrogens with zero attached hydrogens (tertiary/aromatic N) is 4. The highest BCUT2D eigenvalue weighted by atomic mass is 32.1. The number of methoxy groups -OCH3 is 2. The van der Waals surface area contributed by atoms with E-state index in [0.29, 0.717) is 33.3 Å². The molecule has 0 spiro atoms. The Morgan fingerprint density at radius 2 is 1.86 bits per heavy atom. The molecule has 11 heteroatoms. The molecule has 0 saturated carbocycles. The zero-order chi connectivity index (χ0) is 24.9. The number of para-hydroxylation sites is 1. The molecule has 0 bridgehead atoms. The summed E-state index contributed by atoms with van der Waals surface area (Å²) in [6.45, 7) is 3.69. The molecule has 0 radical (unpaired) electrons. The average molecular weight is 494 g/mol. The van der Waals surface area contributed by atoms with Crippen LogP contribution in [0.1, 0.15) is 57.2 Å². The molecule has 1 N–H and O–H groups in total. The van der Waals surface area contributed by atoms with Gasteiger partial charge < -0.3 is 14.4 Å². The molecule has 180 valence electrons. The van der Waals surface area contributed by atoms with Crippen molar-refractivity contribution in [1.82, 2.24) is 15.1 Å². The minimum Gasteiger partial charge on any atom is -0.493 e. The first kappa shape index (κ1) is 22.8. The van der Waals surface area contributed by atoms with Crippen LogP contribution in [0.3, 0.4) is 0 Å². The lowest BCUT2D eigenvalue weighted by atomic mass is 10.0. The predicted octanol–water partition coefficient (Wildman–Crippen LogP) is 3.43. The molecular formula is C24H23N5O5S. The van der Waals surface area contributed by atoms with Crippen molar-refractivity contribution >= 4 is 39.9 Å². The molecule has 3 amide bonds. The number of anilines is 2. The van der Waals surface area contributed by atoms with Crippen molar-refractivity contribution in [1.29, 1.82) is 0 Å². The summed E-state index contributed by atoms with van der Waals surface area (Å²) in [6, 6.07) is 10.3. The third-order valence-corrected chi connectivity index (χ3v) is 7.12. The maximum absolute atomic E-state index is 13.7. The van der Waals surface area contributed by atoms with E-state index >= 15 is 0 Å². The molecule has 35 heavy (non-hydrogen) atoms. The standard InChI is InChI=1S/C24H23N5O5S/c1-12(2)20-26-27-24(35-20)25-17(30)11-28-21-14-9-10-16(33-3)19(34-4)18(14)23(32)29(21)15-8-6-5-7-13(15)22(28)31/h5-10,12,21H,11H2,1-4H3,(H,25,27,30). The van der Waals surface area contributed by atoms with E-state index < -0.39 is 12.1 Å². The second kappa shape index (κ2) is 8.66. The number of carbonyl (C=O) groups excluding carboxylic acids is 3. The number of rotatable bonds is 6. The molecule has 2 aromatic carbocycles. The Morgan fingerprint density at radius 1 is 1.09 bits per heavy atom. The van der Waals surface area contributed by atoms with Crippen LogP contribution in [0, 0.1) is 0 Å². The Hall–Kier alpha value is -3.99. The van der Waals surface area contributed by atoms with Crippen LogP contribution in [0.5, 0.6) is 11.5 Å². The third-order valence-electron chi connectivity index (χ3n) is 5.98. The number of amides is 3. The van der Waals surface area contributed by atoms with E-state index in [4.69, 9.17) is 9.47 Å². The Morgan fingerprint density at radius 3 is 2.54 bits per heavy atom. The average Bonchev–Trinajstić information content (AvgIpc) is 3.44. The SMILES string of the molecule is COc1ccc2c(c1OC)C(=O)N1c3ccccc3C(=O)N(CC(=O)Nc3nnc(C(C)C)s3)C21. The lowest BCUT2D eigenvalue weighted by Gasteiger charge is -2.40. The Kier molecular flexibility index (Phi) is 5.64. The number of hydrogen-bond acceptors (Lipinski definition) is 8. The van der Waals surface area contributed by atoms with Crippen molar-refractivity contribution in [2.24, 2.45) is 0 Å². The second-order valence-electron chi connectivity index (χ2n) is 8.41. The minimum atomic E-state index is -0.814. The third kappa shape index (κ3) is 3.59. The van der Waals surface area contributed by atoms with Crippen LogP contribution in [0.4, 0.5) is 10.8 Å². The van der Waals surface area contributed by atoms with Gasteiger partial charge in [0, 0.05) is 11.5 Å². The Labute approximate surface area is 205 Å². The fourth-order valence-electron chi connectivity index (χ4n) is 4.42. The van der Waals surface area contributed by atoms with Crippen LogP contribution in [0.2, 0.25) is 0 Å². The monoisotopic (exact) mass is 493 g/mol. The van der Waals surface area contributed by atoms with Crippen molar-refractivity contribution in [3.05, 3.63) is 58.1 Å². The van der Waals surface area contributed by atoms with E-state index in [9.17, 15) is 14.4 Å². The van der Waals surface area contributed by atoms with Gasteiger partial charge in [0.05, 0.1) is 31.0 Å². The first-order chi connectivity index (χ1) is 16.8. The lowest BCUT2D eigenvalue weighted by molar-refractivity contribution is -0.117. The molecule has 2 aliphatic rings. The molecule has 2 aliphatic heterocycles. The van der Waals surface area contributed by atoms with Crippen molar-refractivity contribution in [3.8, 4) is 11.5 Å². The zero-order valence-electron chi connectivity index (χ0n) is 19.6. The minimum absolute atomic E-state index is 0.180. The number of fused-ring (bicyclic) bond motifs is 5. The van der Waals surface area contributed by atoms with E-state index in [-0.39, 0.29) is 30.0 Å². The van der Waals surface area contributed by atoms with Crippen molar-refractivity contribution < 1.29 is 23.9 Å². The number of nitrogens with one attached hydrogen (secondary N) is 1. The summed E-state index contributed by atoms with van der Waals surface area (Å²) in [5, 5.41) is 12.0. The van der Waals surface area contributed by atoms with Gasteiger partial charge in [0.25, 0.3) is 11.8 Å². The molecule has 1 atom stereocenters. The van der Waals surface area contributed by atoms with E-state index in [1.165, 1.54) is 35.4 Å². The van der Waals surface area contributed by atoms with E-state index in [2.05, 4.69) is 15.5 Å². The summed E-state index contributed by atoms with van der Waals surface area (Å²) in [4.78, 5) is 43.2. The first-order valence-corrected chi connectivity index (χ1v) is 11.8. The van der Waals surface area contributed by atoms with Crippen LogP contribution in [-0.4, -0.2) is 53.6 Å². The smallest absolute Gasteiger partial charge is 0.264 e. The molecule has 3 heterocycles. The summed E-state index contributed by atoms with van der Waals surface area (Å²) in [7, 11) is 2.95. The van der Waals surface area contributed by atoms with Crippen LogP contribution in [0.15, 0.2) is 36.4 Å². The number of carbonyl (C=O) groups is 3. The lowest BCUT2D eigenvalue weighted by Crippen LogP contribution is -2.50. The number of ether oxygens (including phenoxy) is 2. The first-order valence-electron chi connectivity index (χ1n) is 11.0. The van der Waals surface area contributed by atoms with E-state index in [0.717, 1.165) is 5.01 Å². The fourth-order valence-corrected chi connectivity index (χ4v) is 5.18. The van der Waals surface area contributed by atoms with Gasteiger partial charge in [0.2, 0.25) is 11.0 Å². The number of aromatic nitrogens is 2. The maximum Gasteiger partial charge on any atom is 0.264 e. The maximum atomic E-state index is 13.7. The molecule has 3 aromatic rings. The van der Waals surface area contributed by atoms with Crippen molar-refractivity contribution in [2.45, 2.75) is 25.9 Å². The number of benzene rings is 2. The topological polar surface area (TPSA) is 114 Å². The van der Waals surface area contributed by atoms with Crippen LogP contribution in [0.25, 0.3) is 0 Å². The van der Waals surface area contributed by atoms with Crippen LogP contribution < -0.4 is 19.7 Å². The Bertz CT molecular complexity index is 1350. The zero-order valence-corrected chi connectivity index (χ0v) is 20.4. The van der Waals surface area contributed by atoms with Gasteiger partial charge in [-0.25, -0.2) is 0 Å². The predicted molar refractivity (Wildman–Crippen MR) is 129 cm³/mol. The quantitative estimate of drug-likeness (QED) is 0.560. The summed E-state index contributed by atoms with van der Waals surface area (Å²) in [5.41, 5.74) is 1.67. The fraction of sp³-hybridized carbons (Fsp3) is 0.292. The Balaban J connectivity index is 1.55.